The molecule has 0 aromatic rings. The van der Waals surface area contributed by atoms with Crippen LogP contribution in [0.1, 0.15) is 140 Å². The molecule has 10 heteroatoms. The van der Waals surface area contributed by atoms with Crippen LogP contribution >= 0.6 is 15.6 Å². The van der Waals surface area contributed by atoms with Crippen molar-refractivity contribution >= 4 is 15.6 Å². The van der Waals surface area contributed by atoms with Crippen LogP contribution in [0.15, 0.2) is 11.6 Å². The van der Waals surface area contributed by atoms with E-state index >= 15 is 0 Å². The Morgan fingerprint density at radius 2 is 1.27 bits per heavy atom. The molecule has 5 aliphatic carbocycles. The maximum atomic E-state index is 13.5. The maximum absolute atomic E-state index is 13.5. The van der Waals surface area contributed by atoms with Crippen molar-refractivity contribution in [1.29, 1.82) is 0 Å². The van der Waals surface area contributed by atoms with Crippen LogP contribution in [0.2, 0.25) is 0 Å². The summed E-state index contributed by atoms with van der Waals surface area (Å²) in [6.45, 7) is 26.2. The van der Waals surface area contributed by atoms with Crippen LogP contribution in [0.25, 0.3) is 0 Å². The molecule has 0 saturated heterocycles. The third-order valence-electron chi connectivity index (χ3n) is 14.7. The van der Waals surface area contributed by atoms with Crippen molar-refractivity contribution < 1.29 is 36.3 Å². The summed E-state index contributed by atoms with van der Waals surface area (Å²) >= 11 is 0. The van der Waals surface area contributed by atoms with E-state index in [1.807, 2.05) is 27.7 Å². The molecule has 0 aromatic heterocycles. The molecule has 0 bridgehead atoms. The van der Waals surface area contributed by atoms with Gasteiger partial charge in [0.2, 0.25) is 0 Å². The van der Waals surface area contributed by atoms with Crippen LogP contribution in [0.4, 0.5) is 0 Å². The van der Waals surface area contributed by atoms with E-state index in [9.17, 15) is 9.13 Å². The lowest BCUT2D eigenvalue weighted by atomic mass is 9.33. The average molecular weight is 715 g/mol. The fourth-order valence-electron chi connectivity index (χ4n) is 12.0. The van der Waals surface area contributed by atoms with Crippen molar-refractivity contribution in [3.8, 4) is 0 Å². The van der Waals surface area contributed by atoms with Crippen LogP contribution in [0, 0.1) is 50.2 Å². The second-order valence-corrected chi connectivity index (χ2v) is 21.2. The van der Waals surface area contributed by atoms with E-state index in [1.165, 1.54) is 6.42 Å². The molecule has 0 heterocycles. The number of hydrogen-bond acceptors (Lipinski definition) is 8. The van der Waals surface area contributed by atoms with E-state index in [0.717, 1.165) is 57.8 Å². The molecule has 0 aliphatic heterocycles. The standard InChI is InChI=1S/C38H68O8P2/c1-12-41-47(39,42-13-2)45-27-38-24-22-33(5,6)26-29(38)28-16-17-31-35(9)20-19-32(46-48(40,43-14-3)44-15-4)34(7,8)30(35)18-21-37(31,11)36(28,10)23-25-38/h16,29-32H,12-15,17-27H2,1-11H3/t29-,30-,31+,32-,35-,36+,37+,38+/m0/s1. The summed E-state index contributed by atoms with van der Waals surface area (Å²) in [7, 11) is -7.22. The van der Waals surface area contributed by atoms with Gasteiger partial charge in [-0.15, -0.1) is 0 Å². The van der Waals surface area contributed by atoms with E-state index in [0.29, 0.717) is 50.8 Å². The van der Waals surface area contributed by atoms with Gasteiger partial charge in [0.05, 0.1) is 39.1 Å². The summed E-state index contributed by atoms with van der Waals surface area (Å²) in [6, 6.07) is 0. The molecule has 0 radical (unpaired) electrons. The Labute approximate surface area is 292 Å². The normalized spacial score (nSPS) is 40.6. The number of allylic oxidation sites excluding steroid dienone is 2. The summed E-state index contributed by atoms with van der Waals surface area (Å²) in [5.74, 6) is 1.36. The molecular weight excluding hydrogens is 646 g/mol. The summed E-state index contributed by atoms with van der Waals surface area (Å²) in [4.78, 5) is 0. The van der Waals surface area contributed by atoms with Gasteiger partial charge in [0.1, 0.15) is 0 Å². The van der Waals surface area contributed by atoms with Gasteiger partial charge >= 0.3 is 15.6 Å². The molecule has 0 aromatic carbocycles. The Balaban J connectivity index is 1.46. The van der Waals surface area contributed by atoms with Gasteiger partial charge in [-0.05, 0) is 137 Å². The average Bonchev–Trinajstić information content (AvgIpc) is 2.99. The first kappa shape index (κ1) is 39.2. The van der Waals surface area contributed by atoms with Crippen molar-refractivity contribution in [2.24, 2.45) is 50.2 Å². The van der Waals surface area contributed by atoms with Gasteiger partial charge in [-0.3, -0.25) is 27.1 Å². The SMILES string of the molecule is CCOP(=O)(OCC)OC[C@]12CCC(C)(C)C[C@H]1C1=CC[C@@H]3[C@@]4(C)CC[C@H](OP(=O)(OCC)OCC)C(C)(C)[C@@H]4CC[C@@]3(C)[C@]1(C)CC2. The zero-order valence-corrected chi connectivity index (χ0v) is 33.9. The maximum Gasteiger partial charge on any atom is 0.475 e. The number of hydrogen-bond donors (Lipinski definition) is 0. The second-order valence-electron chi connectivity index (χ2n) is 17.9. The topological polar surface area (TPSA) is 89.5 Å². The molecule has 278 valence electrons. The van der Waals surface area contributed by atoms with Crippen LogP contribution in [-0.4, -0.2) is 39.1 Å². The minimum atomic E-state index is -3.62. The van der Waals surface area contributed by atoms with Gasteiger partial charge in [0.15, 0.2) is 0 Å². The van der Waals surface area contributed by atoms with E-state index in [4.69, 9.17) is 27.1 Å². The minimum Gasteiger partial charge on any atom is -0.287 e. The fraction of sp³-hybridized carbons (Fsp3) is 0.947. The first-order chi connectivity index (χ1) is 22.3. The summed E-state index contributed by atoms with van der Waals surface area (Å²) in [5.41, 5.74) is 1.99. The third-order valence-corrected chi connectivity index (χ3v) is 17.9. The predicted octanol–water partition coefficient (Wildman–Crippen LogP) is 11.6. The van der Waals surface area contributed by atoms with Crippen LogP contribution < -0.4 is 0 Å². The lowest BCUT2D eigenvalue weighted by Crippen LogP contribution is -2.65. The van der Waals surface area contributed by atoms with Crippen LogP contribution in [-0.2, 0) is 36.3 Å². The Morgan fingerprint density at radius 3 is 1.88 bits per heavy atom. The molecule has 5 rings (SSSR count). The minimum absolute atomic E-state index is 0.0680. The Kier molecular flexibility index (Phi) is 11.2. The van der Waals surface area contributed by atoms with Crippen molar-refractivity contribution in [3.63, 3.8) is 0 Å². The molecule has 8 atom stereocenters. The second kappa shape index (κ2) is 13.7. The molecule has 4 saturated carbocycles. The Morgan fingerprint density at radius 1 is 0.688 bits per heavy atom. The van der Waals surface area contributed by atoms with Gasteiger partial charge in [0, 0.05) is 5.41 Å². The molecule has 48 heavy (non-hydrogen) atoms. The van der Waals surface area contributed by atoms with Gasteiger partial charge in [-0.1, -0.05) is 60.1 Å². The van der Waals surface area contributed by atoms with Crippen LogP contribution in [0.3, 0.4) is 0 Å². The summed E-state index contributed by atoms with van der Waals surface area (Å²) in [5, 5.41) is 0. The number of rotatable bonds is 13. The van der Waals surface area contributed by atoms with Gasteiger partial charge in [-0.25, -0.2) is 9.13 Å². The van der Waals surface area contributed by atoms with Crippen molar-refractivity contribution in [1.82, 2.24) is 0 Å². The van der Waals surface area contributed by atoms with Crippen LogP contribution in [0.5, 0.6) is 0 Å². The zero-order chi connectivity index (χ0) is 35.4. The summed E-state index contributed by atoms with van der Waals surface area (Å²) in [6.07, 6.45) is 13.3. The molecular formula is C38H68O8P2. The van der Waals surface area contributed by atoms with Crippen molar-refractivity contribution in [3.05, 3.63) is 11.6 Å². The third kappa shape index (κ3) is 6.56. The van der Waals surface area contributed by atoms with Gasteiger partial charge in [-0.2, -0.15) is 0 Å². The molecule has 5 aliphatic rings. The summed E-state index contributed by atoms with van der Waals surface area (Å²) < 4.78 is 62.0. The van der Waals surface area contributed by atoms with E-state index in [2.05, 4.69) is 54.5 Å². The van der Waals surface area contributed by atoms with Crippen molar-refractivity contribution in [2.45, 2.75) is 146 Å². The lowest BCUT2D eigenvalue weighted by Gasteiger charge is -2.71. The number of phosphoric acid groups is 2. The first-order valence-corrected chi connectivity index (χ1v) is 22.1. The highest BCUT2D eigenvalue weighted by Crippen LogP contribution is 2.76. The highest BCUT2D eigenvalue weighted by Gasteiger charge is 2.69. The molecule has 0 N–H and O–H groups in total. The Hall–Kier alpha value is -0.0400. The molecule has 8 nitrogen and oxygen atoms in total. The zero-order valence-electron chi connectivity index (χ0n) is 32.2. The molecule has 0 amide bonds. The predicted molar refractivity (Wildman–Crippen MR) is 192 cm³/mol. The fourth-order valence-corrected chi connectivity index (χ4v) is 14.8. The van der Waals surface area contributed by atoms with Gasteiger partial charge < -0.3 is 0 Å². The quantitative estimate of drug-likeness (QED) is 0.138. The van der Waals surface area contributed by atoms with E-state index < -0.39 is 15.6 Å². The Bertz CT molecular complexity index is 1280. The highest BCUT2D eigenvalue weighted by molar-refractivity contribution is 7.48. The van der Waals surface area contributed by atoms with E-state index in [-0.39, 0.29) is 38.6 Å². The first-order valence-electron chi connectivity index (χ1n) is 19.1. The van der Waals surface area contributed by atoms with E-state index in [1.54, 1.807) is 5.57 Å². The molecule has 0 spiro atoms. The number of phosphoric ester groups is 2. The lowest BCUT2D eigenvalue weighted by molar-refractivity contribution is -0.203. The number of fused-ring (bicyclic) bond motifs is 7. The van der Waals surface area contributed by atoms with Gasteiger partial charge in [0.25, 0.3) is 0 Å². The highest BCUT2D eigenvalue weighted by atomic mass is 31.2. The monoisotopic (exact) mass is 714 g/mol. The van der Waals surface area contributed by atoms with Crippen molar-refractivity contribution in [2.75, 3.05) is 33.0 Å². The molecule has 0 unspecified atom stereocenters. The largest absolute Gasteiger partial charge is 0.475 e. The smallest absolute Gasteiger partial charge is 0.287 e. The molecule has 4 fully saturated rings.